The van der Waals surface area contributed by atoms with Crippen LogP contribution in [-0.2, 0) is 6.54 Å². The minimum atomic E-state index is 0.176. The van der Waals surface area contributed by atoms with Crippen molar-refractivity contribution in [3.05, 3.63) is 57.6 Å². The van der Waals surface area contributed by atoms with Crippen LogP contribution in [0.1, 0.15) is 39.4 Å². The number of phenols is 1. The highest BCUT2D eigenvalue weighted by Gasteiger charge is 2.25. The van der Waals surface area contributed by atoms with Gasteiger partial charge < -0.3 is 15.2 Å². The smallest absolute Gasteiger partial charge is 0.127 e. The molecule has 116 valence electrons. The van der Waals surface area contributed by atoms with Gasteiger partial charge in [0.25, 0.3) is 0 Å². The van der Waals surface area contributed by atoms with Gasteiger partial charge in [0.2, 0.25) is 0 Å². The number of benzene rings is 2. The quantitative estimate of drug-likeness (QED) is 0.904. The number of hydrogen-bond donors (Lipinski definition) is 2. The molecular weight excluding hydrogens is 274 g/mol. The van der Waals surface area contributed by atoms with Gasteiger partial charge in [-0.05, 0) is 56.0 Å². The summed E-state index contributed by atoms with van der Waals surface area (Å²) in [5.74, 6) is 1.37. The fraction of sp³-hybridized carbons (Fsp3) is 0.368. The van der Waals surface area contributed by atoms with Crippen molar-refractivity contribution in [3.8, 4) is 11.5 Å². The lowest BCUT2D eigenvalue weighted by atomic mass is 10.0. The number of phenolic OH excluding ortho intramolecular Hbond substituents is 1. The number of hydrogen-bond acceptors (Lipinski definition) is 3. The number of aryl methyl sites for hydroxylation is 3. The Kier molecular flexibility index (Phi) is 3.83. The van der Waals surface area contributed by atoms with Crippen molar-refractivity contribution in [1.82, 2.24) is 5.32 Å². The van der Waals surface area contributed by atoms with Gasteiger partial charge in [-0.15, -0.1) is 0 Å². The SMILES string of the molecule is Cc1cc(O)c(CNC2COc3c2ccc(C)c3C)cc1C. The second-order valence-corrected chi connectivity index (χ2v) is 6.24. The Morgan fingerprint density at radius 2 is 1.82 bits per heavy atom. The van der Waals surface area contributed by atoms with Gasteiger partial charge >= 0.3 is 0 Å². The topological polar surface area (TPSA) is 41.5 Å². The summed E-state index contributed by atoms with van der Waals surface area (Å²) in [4.78, 5) is 0. The predicted molar refractivity (Wildman–Crippen MR) is 88.6 cm³/mol. The zero-order valence-electron chi connectivity index (χ0n) is 13.7. The van der Waals surface area contributed by atoms with Gasteiger partial charge in [-0.2, -0.15) is 0 Å². The molecular formula is C19H23NO2. The molecule has 3 nitrogen and oxygen atoms in total. The molecule has 0 bridgehead atoms. The minimum Gasteiger partial charge on any atom is -0.508 e. The molecule has 0 saturated carbocycles. The van der Waals surface area contributed by atoms with Crippen molar-refractivity contribution in [1.29, 1.82) is 0 Å². The molecule has 3 heteroatoms. The molecule has 1 aliphatic rings. The summed E-state index contributed by atoms with van der Waals surface area (Å²) in [5, 5.41) is 13.6. The highest BCUT2D eigenvalue weighted by atomic mass is 16.5. The van der Waals surface area contributed by atoms with Crippen LogP contribution in [0.25, 0.3) is 0 Å². The van der Waals surface area contributed by atoms with E-state index in [0.717, 1.165) is 16.9 Å². The minimum absolute atomic E-state index is 0.176. The van der Waals surface area contributed by atoms with E-state index in [1.165, 1.54) is 22.3 Å². The van der Waals surface area contributed by atoms with Crippen LogP contribution < -0.4 is 10.1 Å². The van der Waals surface area contributed by atoms with Crippen molar-refractivity contribution in [2.24, 2.45) is 0 Å². The maximum absolute atomic E-state index is 10.1. The maximum Gasteiger partial charge on any atom is 0.127 e. The number of ether oxygens (including phenoxy) is 1. The van der Waals surface area contributed by atoms with Crippen LogP contribution in [0.5, 0.6) is 11.5 Å². The highest BCUT2D eigenvalue weighted by Crippen LogP contribution is 2.37. The molecule has 1 aliphatic heterocycles. The van der Waals surface area contributed by atoms with Crippen LogP contribution in [0.2, 0.25) is 0 Å². The molecule has 22 heavy (non-hydrogen) atoms. The lowest BCUT2D eigenvalue weighted by Crippen LogP contribution is -2.22. The van der Waals surface area contributed by atoms with Crippen molar-refractivity contribution >= 4 is 0 Å². The van der Waals surface area contributed by atoms with Crippen LogP contribution in [-0.4, -0.2) is 11.7 Å². The summed E-state index contributed by atoms with van der Waals surface area (Å²) in [5.41, 5.74) is 6.93. The predicted octanol–water partition coefficient (Wildman–Crippen LogP) is 3.85. The molecule has 2 N–H and O–H groups in total. The van der Waals surface area contributed by atoms with E-state index in [1.54, 1.807) is 0 Å². The first kappa shape index (κ1) is 14.9. The van der Waals surface area contributed by atoms with Crippen molar-refractivity contribution < 1.29 is 9.84 Å². The van der Waals surface area contributed by atoms with Gasteiger partial charge in [-0.3, -0.25) is 0 Å². The van der Waals surface area contributed by atoms with E-state index in [0.29, 0.717) is 18.9 Å². The number of aromatic hydroxyl groups is 1. The second-order valence-electron chi connectivity index (χ2n) is 6.24. The van der Waals surface area contributed by atoms with Gasteiger partial charge in [0.15, 0.2) is 0 Å². The molecule has 0 fully saturated rings. The Bertz CT molecular complexity index is 722. The molecule has 0 radical (unpaired) electrons. The highest BCUT2D eigenvalue weighted by molar-refractivity contribution is 5.49. The molecule has 3 rings (SSSR count). The Morgan fingerprint density at radius 1 is 1.09 bits per heavy atom. The van der Waals surface area contributed by atoms with Crippen molar-refractivity contribution in [3.63, 3.8) is 0 Å². The summed E-state index contributed by atoms with van der Waals surface area (Å²) in [7, 11) is 0. The number of fused-ring (bicyclic) bond motifs is 1. The molecule has 0 saturated heterocycles. The van der Waals surface area contributed by atoms with Gasteiger partial charge in [0.1, 0.15) is 18.1 Å². The standard InChI is InChI=1S/C19H23NO2/c1-11-5-6-16-17(10-22-19(16)14(11)4)20-9-15-7-12(2)13(3)8-18(15)21/h5-8,17,20-21H,9-10H2,1-4H3. The monoisotopic (exact) mass is 297 g/mol. The summed E-state index contributed by atoms with van der Waals surface area (Å²) in [6.07, 6.45) is 0. The largest absolute Gasteiger partial charge is 0.508 e. The zero-order valence-corrected chi connectivity index (χ0v) is 13.7. The van der Waals surface area contributed by atoms with Gasteiger partial charge in [-0.25, -0.2) is 0 Å². The first-order valence-electron chi connectivity index (χ1n) is 7.72. The molecule has 1 atom stereocenters. The molecule has 1 unspecified atom stereocenters. The van der Waals surface area contributed by atoms with Gasteiger partial charge in [-0.1, -0.05) is 18.2 Å². The summed E-state index contributed by atoms with van der Waals surface area (Å²) in [6.45, 7) is 9.56. The van der Waals surface area contributed by atoms with E-state index in [4.69, 9.17) is 4.74 Å². The lowest BCUT2D eigenvalue weighted by molar-refractivity contribution is 0.308. The molecule has 2 aromatic carbocycles. The summed E-state index contributed by atoms with van der Waals surface area (Å²) in [6, 6.07) is 8.34. The third kappa shape index (κ3) is 2.57. The Balaban J connectivity index is 1.78. The van der Waals surface area contributed by atoms with Crippen LogP contribution in [0.4, 0.5) is 0 Å². The van der Waals surface area contributed by atoms with E-state index in [9.17, 15) is 5.11 Å². The molecule has 2 aromatic rings. The first-order chi connectivity index (χ1) is 10.5. The summed E-state index contributed by atoms with van der Waals surface area (Å²) >= 11 is 0. The van der Waals surface area contributed by atoms with Crippen LogP contribution >= 0.6 is 0 Å². The molecule has 0 aromatic heterocycles. The van der Waals surface area contributed by atoms with Crippen LogP contribution in [0, 0.1) is 27.7 Å². The van der Waals surface area contributed by atoms with Crippen LogP contribution in [0.15, 0.2) is 24.3 Å². The molecule has 0 spiro atoms. The fourth-order valence-electron chi connectivity index (χ4n) is 2.94. The first-order valence-corrected chi connectivity index (χ1v) is 7.72. The van der Waals surface area contributed by atoms with Crippen molar-refractivity contribution in [2.45, 2.75) is 40.3 Å². The van der Waals surface area contributed by atoms with Crippen molar-refractivity contribution in [2.75, 3.05) is 6.61 Å². The third-order valence-corrected chi connectivity index (χ3v) is 4.71. The Labute approximate surface area is 131 Å². The summed E-state index contributed by atoms with van der Waals surface area (Å²) < 4.78 is 5.86. The van der Waals surface area contributed by atoms with E-state index in [-0.39, 0.29) is 6.04 Å². The fourth-order valence-corrected chi connectivity index (χ4v) is 2.94. The molecule has 1 heterocycles. The van der Waals surface area contributed by atoms with E-state index >= 15 is 0 Å². The Morgan fingerprint density at radius 3 is 2.59 bits per heavy atom. The van der Waals surface area contributed by atoms with E-state index in [1.807, 2.05) is 13.0 Å². The zero-order chi connectivity index (χ0) is 15.9. The average molecular weight is 297 g/mol. The van der Waals surface area contributed by atoms with Gasteiger partial charge in [0, 0.05) is 17.7 Å². The van der Waals surface area contributed by atoms with Crippen LogP contribution in [0.3, 0.4) is 0 Å². The number of nitrogens with one attached hydrogen (secondary N) is 1. The third-order valence-electron chi connectivity index (χ3n) is 4.71. The molecule has 0 amide bonds. The Hall–Kier alpha value is -2.00. The lowest BCUT2D eigenvalue weighted by Gasteiger charge is -2.14. The van der Waals surface area contributed by atoms with E-state index in [2.05, 4.69) is 44.3 Å². The maximum atomic E-state index is 10.1. The normalized spacial score (nSPS) is 16.5. The average Bonchev–Trinajstić information content (AvgIpc) is 2.89. The van der Waals surface area contributed by atoms with Gasteiger partial charge in [0.05, 0.1) is 6.04 Å². The second kappa shape index (κ2) is 5.65. The molecule has 0 aliphatic carbocycles. The van der Waals surface area contributed by atoms with E-state index < -0.39 is 0 Å². The number of rotatable bonds is 3.